The number of anilines is 3. The lowest BCUT2D eigenvalue weighted by molar-refractivity contribution is -0.122. The van der Waals surface area contributed by atoms with Crippen LogP contribution in [0.15, 0.2) is 24.5 Å². The number of nitrogen functional groups attached to an aromatic ring is 1. The number of aryl methyl sites for hydroxylation is 1. The third-order valence-electron chi connectivity index (χ3n) is 7.09. The number of H-pyrrole nitrogens is 1. The van der Waals surface area contributed by atoms with Crippen LogP contribution in [0.25, 0.3) is 22.1 Å². The van der Waals surface area contributed by atoms with Gasteiger partial charge in [-0.25, -0.2) is 14.4 Å². The Balaban J connectivity index is 1.37. The molecule has 0 unspecified atom stereocenters. The van der Waals surface area contributed by atoms with Gasteiger partial charge in [-0.15, -0.1) is 0 Å². The topological polar surface area (TPSA) is 138 Å². The number of hydrogen-bond donors (Lipinski definition) is 4. The number of nitrogens with one attached hydrogen (secondary N) is 3. The van der Waals surface area contributed by atoms with Gasteiger partial charge in [-0.3, -0.25) is 4.79 Å². The van der Waals surface area contributed by atoms with E-state index in [2.05, 4.69) is 35.5 Å². The molecule has 1 amide bonds. The first-order chi connectivity index (χ1) is 17.4. The SMILES string of the molecule is Cc1c(F)ccc2cc([C@H](C)Nc3nc(N)nc4nc[nH]c34)c(N3CC[C@H](NC(=O)C4CC4)C3)nc12. The van der Waals surface area contributed by atoms with Gasteiger partial charge in [0.1, 0.15) is 17.2 Å². The van der Waals surface area contributed by atoms with Crippen LogP contribution >= 0.6 is 0 Å². The minimum atomic E-state index is -0.283. The molecule has 1 aromatic carbocycles. The van der Waals surface area contributed by atoms with Crippen molar-refractivity contribution in [2.45, 2.75) is 45.2 Å². The Kier molecular flexibility index (Phi) is 5.35. The lowest BCUT2D eigenvalue weighted by atomic mass is 10.0. The summed E-state index contributed by atoms with van der Waals surface area (Å²) in [5.41, 5.74) is 9.13. The van der Waals surface area contributed by atoms with E-state index in [0.29, 0.717) is 34.6 Å². The fraction of sp³-hybridized carbons (Fsp3) is 0.400. The molecule has 0 radical (unpaired) electrons. The van der Waals surface area contributed by atoms with Crippen molar-refractivity contribution < 1.29 is 9.18 Å². The van der Waals surface area contributed by atoms with Crippen LogP contribution in [0.4, 0.5) is 22.0 Å². The number of carbonyl (C=O) groups is 1. The van der Waals surface area contributed by atoms with Crippen LogP contribution in [0.2, 0.25) is 0 Å². The molecule has 1 saturated carbocycles. The Labute approximate surface area is 206 Å². The molecule has 36 heavy (non-hydrogen) atoms. The minimum Gasteiger partial charge on any atom is -0.368 e. The highest BCUT2D eigenvalue weighted by molar-refractivity contribution is 5.87. The number of carbonyl (C=O) groups excluding carboxylic acids is 1. The zero-order valence-corrected chi connectivity index (χ0v) is 20.2. The maximum atomic E-state index is 14.4. The van der Waals surface area contributed by atoms with Gasteiger partial charge in [0.2, 0.25) is 11.9 Å². The molecule has 3 aromatic heterocycles. The van der Waals surface area contributed by atoms with Gasteiger partial charge in [-0.1, -0.05) is 0 Å². The first-order valence-electron chi connectivity index (χ1n) is 12.3. The van der Waals surface area contributed by atoms with Crippen LogP contribution < -0.4 is 21.3 Å². The molecule has 0 spiro atoms. The average Bonchev–Trinajstić information content (AvgIpc) is 3.43. The number of nitrogens with two attached hydrogens (primary N) is 1. The van der Waals surface area contributed by atoms with E-state index in [1.807, 2.05) is 13.0 Å². The summed E-state index contributed by atoms with van der Waals surface area (Å²) in [7, 11) is 0. The average molecular weight is 490 g/mol. The summed E-state index contributed by atoms with van der Waals surface area (Å²) in [6.07, 6.45) is 4.34. The smallest absolute Gasteiger partial charge is 0.224 e. The number of imidazole rings is 1. The molecule has 0 bridgehead atoms. The third kappa shape index (κ3) is 4.04. The van der Waals surface area contributed by atoms with E-state index in [-0.39, 0.29) is 35.7 Å². The molecular weight excluding hydrogens is 461 g/mol. The van der Waals surface area contributed by atoms with Crippen LogP contribution in [0.1, 0.15) is 43.4 Å². The number of rotatable bonds is 6. The first kappa shape index (κ1) is 22.4. The first-order valence-corrected chi connectivity index (χ1v) is 12.3. The molecule has 4 aromatic rings. The van der Waals surface area contributed by atoms with Crippen LogP contribution in [0, 0.1) is 18.7 Å². The second kappa shape index (κ2) is 8.58. The van der Waals surface area contributed by atoms with Crippen molar-refractivity contribution in [1.82, 2.24) is 30.2 Å². The van der Waals surface area contributed by atoms with Crippen molar-refractivity contribution in [3.63, 3.8) is 0 Å². The van der Waals surface area contributed by atoms with Crippen molar-refractivity contribution in [2.75, 3.05) is 29.0 Å². The largest absolute Gasteiger partial charge is 0.368 e. The maximum absolute atomic E-state index is 14.4. The molecular formula is C25H28FN9O. The summed E-state index contributed by atoms with van der Waals surface area (Å²) in [6, 6.07) is 5.12. The highest BCUT2D eigenvalue weighted by Crippen LogP contribution is 2.35. The molecule has 2 aliphatic rings. The van der Waals surface area contributed by atoms with Crippen molar-refractivity contribution >= 4 is 45.6 Å². The van der Waals surface area contributed by atoms with Crippen LogP contribution in [-0.4, -0.2) is 50.0 Å². The van der Waals surface area contributed by atoms with E-state index < -0.39 is 0 Å². The second-order valence-electron chi connectivity index (χ2n) is 9.76. The highest BCUT2D eigenvalue weighted by Gasteiger charge is 2.34. The third-order valence-corrected chi connectivity index (χ3v) is 7.09. The number of nitrogens with zero attached hydrogens (tertiary/aromatic N) is 5. The van der Waals surface area contributed by atoms with Crippen LogP contribution in [0.5, 0.6) is 0 Å². The normalized spacial score (nSPS) is 18.6. The molecule has 4 heterocycles. The van der Waals surface area contributed by atoms with Gasteiger partial charge in [-0.2, -0.15) is 9.97 Å². The fourth-order valence-electron chi connectivity index (χ4n) is 4.91. The molecule has 1 aliphatic heterocycles. The number of aromatic nitrogens is 5. The molecule has 5 N–H and O–H groups in total. The molecule has 2 atom stereocenters. The predicted molar refractivity (Wildman–Crippen MR) is 136 cm³/mol. The molecule has 186 valence electrons. The van der Waals surface area contributed by atoms with Gasteiger partial charge in [-0.05, 0) is 51.3 Å². The zero-order chi connectivity index (χ0) is 25.0. The number of fused-ring (bicyclic) bond motifs is 2. The van der Waals surface area contributed by atoms with Gasteiger partial charge in [0.25, 0.3) is 0 Å². The molecule has 10 nitrogen and oxygen atoms in total. The predicted octanol–water partition coefficient (Wildman–Crippen LogP) is 3.21. The number of hydrogen-bond acceptors (Lipinski definition) is 8. The van der Waals surface area contributed by atoms with E-state index in [1.54, 1.807) is 19.3 Å². The van der Waals surface area contributed by atoms with E-state index in [1.165, 1.54) is 6.07 Å². The Morgan fingerprint density at radius 1 is 1.25 bits per heavy atom. The Bertz CT molecular complexity index is 1480. The number of amides is 1. The Hall–Kier alpha value is -4.02. The number of halogens is 1. The number of aromatic amines is 1. The van der Waals surface area contributed by atoms with E-state index in [4.69, 9.17) is 10.7 Å². The lowest BCUT2D eigenvalue weighted by Gasteiger charge is -2.26. The molecule has 1 aliphatic carbocycles. The molecule has 1 saturated heterocycles. The van der Waals surface area contributed by atoms with E-state index >= 15 is 0 Å². The maximum Gasteiger partial charge on any atom is 0.224 e. The van der Waals surface area contributed by atoms with E-state index in [9.17, 15) is 9.18 Å². The summed E-state index contributed by atoms with van der Waals surface area (Å²) >= 11 is 0. The minimum absolute atomic E-state index is 0.0617. The van der Waals surface area contributed by atoms with Crippen molar-refractivity contribution in [2.24, 2.45) is 5.92 Å². The monoisotopic (exact) mass is 489 g/mol. The second-order valence-corrected chi connectivity index (χ2v) is 9.76. The number of pyridine rings is 1. The van der Waals surface area contributed by atoms with Gasteiger partial charge in [0.15, 0.2) is 11.5 Å². The summed E-state index contributed by atoms with van der Waals surface area (Å²) in [5.74, 6) is 1.46. The molecule has 6 rings (SSSR count). The Morgan fingerprint density at radius 3 is 2.89 bits per heavy atom. The van der Waals surface area contributed by atoms with Crippen molar-refractivity contribution in [3.05, 3.63) is 41.5 Å². The van der Waals surface area contributed by atoms with Gasteiger partial charge in [0, 0.05) is 41.6 Å². The summed E-state index contributed by atoms with van der Waals surface area (Å²) in [5, 5.41) is 7.48. The Morgan fingerprint density at radius 2 is 2.08 bits per heavy atom. The van der Waals surface area contributed by atoms with Gasteiger partial charge >= 0.3 is 0 Å². The standard InChI is InChI=1S/C25H28FN9O/c1-12-18(26)6-5-15-9-17(13(2)30-22-20-21(29-11-28-20)33-25(27)34-22)23(32-19(12)15)35-8-7-16(10-35)31-24(36)14-3-4-14/h5-6,9,11,13-14,16H,3-4,7-8,10H2,1-2H3,(H,31,36)(H4,27,28,29,30,33,34)/t13-,16-/m0/s1. The zero-order valence-electron chi connectivity index (χ0n) is 20.2. The van der Waals surface area contributed by atoms with Gasteiger partial charge < -0.3 is 26.3 Å². The summed E-state index contributed by atoms with van der Waals surface area (Å²) < 4.78 is 14.4. The fourth-order valence-corrected chi connectivity index (χ4v) is 4.91. The molecule has 11 heteroatoms. The van der Waals surface area contributed by atoms with Crippen molar-refractivity contribution in [3.8, 4) is 0 Å². The number of benzene rings is 1. The van der Waals surface area contributed by atoms with Crippen LogP contribution in [-0.2, 0) is 4.79 Å². The van der Waals surface area contributed by atoms with E-state index in [0.717, 1.165) is 42.6 Å². The quantitative estimate of drug-likeness (QED) is 0.324. The lowest BCUT2D eigenvalue weighted by Crippen LogP contribution is -2.38. The van der Waals surface area contributed by atoms with Crippen molar-refractivity contribution in [1.29, 1.82) is 0 Å². The van der Waals surface area contributed by atoms with Gasteiger partial charge in [0.05, 0.1) is 17.9 Å². The summed E-state index contributed by atoms with van der Waals surface area (Å²) in [4.78, 5) is 35.3. The highest BCUT2D eigenvalue weighted by atomic mass is 19.1. The summed E-state index contributed by atoms with van der Waals surface area (Å²) in [6.45, 7) is 5.16. The molecule has 2 fully saturated rings. The van der Waals surface area contributed by atoms with Crippen LogP contribution in [0.3, 0.4) is 0 Å².